The number of benzene rings is 1. The molecule has 1 saturated carbocycles. The van der Waals surface area contributed by atoms with Gasteiger partial charge < -0.3 is 14.4 Å². The molecule has 1 aromatic rings. The Morgan fingerprint density at radius 1 is 1.14 bits per heavy atom. The summed E-state index contributed by atoms with van der Waals surface area (Å²) in [6, 6.07) is 3.43. The molecular formula is C26H36Cl2N2O4S. The molecule has 0 N–H and O–H groups in total. The van der Waals surface area contributed by atoms with Crippen molar-refractivity contribution in [2.45, 2.75) is 64.7 Å². The first kappa shape index (κ1) is 28.0. The van der Waals surface area contributed by atoms with Crippen molar-refractivity contribution < 1.29 is 18.5 Å². The molecule has 0 bridgehead atoms. The summed E-state index contributed by atoms with van der Waals surface area (Å²) >= 11 is 12.7. The van der Waals surface area contributed by atoms with Crippen LogP contribution in [0.15, 0.2) is 29.2 Å². The normalized spacial score (nSPS) is 23.7. The Labute approximate surface area is 221 Å². The van der Waals surface area contributed by atoms with Crippen LogP contribution in [0, 0.1) is 17.8 Å². The second-order valence-corrected chi connectivity index (χ2v) is 14.0. The van der Waals surface area contributed by atoms with Gasteiger partial charge in [-0.05, 0) is 72.3 Å². The van der Waals surface area contributed by atoms with E-state index in [1.807, 2.05) is 41.5 Å². The van der Waals surface area contributed by atoms with Crippen molar-refractivity contribution in [2.24, 2.45) is 22.2 Å². The number of hydrogen-bond acceptors (Lipinski definition) is 4. The van der Waals surface area contributed by atoms with Gasteiger partial charge in [-0.2, -0.15) is 4.40 Å². The highest BCUT2D eigenvalue weighted by atomic mass is 35.5. The molecule has 1 saturated heterocycles. The van der Waals surface area contributed by atoms with E-state index in [9.17, 15) is 9.00 Å². The van der Waals surface area contributed by atoms with Crippen molar-refractivity contribution in [2.75, 3.05) is 19.7 Å². The minimum atomic E-state index is -1.47. The molecule has 0 radical (unpaired) electrons. The molecule has 0 spiro atoms. The van der Waals surface area contributed by atoms with Crippen LogP contribution < -0.4 is 4.74 Å². The monoisotopic (exact) mass is 542 g/mol. The second-order valence-electron chi connectivity index (χ2n) is 11.3. The highest BCUT2D eigenvalue weighted by Crippen LogP contribution is 2.45. The van der Waals surface area contributed by atoms with E-state index in [4.69, 9.17) is 37.1 Å². The van der Waals surface area contributed by atoms with Crippen LogP contribution in [0.25, 0.3) is 0 Å². The van der Waals surface area contributed by atoms with Crippen molar-refractivity contribution >= 4 is 46.0 Å². The Kier molecular flexibility index (Phi) is 8.65. The zero-order valence-corrected chi connectivity index (χ0v) is 23.7. The largest absolute Gasteiger partial charge is 0.489 e. The Hall–Kier alpha value is -1.57. The topological polar surface area (TPSA) is 68.2 Å². The number of carbonyl (C=O) groups excluding carboxylic acids is 1. The Balaban J connectivity index is 1.91. The molecule has 1 amide bonds. The van der Waals surface area contributed by atoms with Crippen molar-refractivity contribution in [3.8, 4) is 5.75 Å². The maximum Gasteiger partial charge on any atom is 0.410 e. The van der Waals surface area contributed by atoms with Crippen LogP contribution in [0.4, 0.5) is 4.79 Å². The van der Waals surface area contributed by atoms with E-state index in [0.717, 1.165) is 12.8 Å². The van der Waals surface area contributed by atoms with Crippen molar-refractivity contribution in [3.63, 3.8) is 0 Å². The Morgan fingerprint density at radius 2 is 1.71 bits per heavy atom. The van der Waals surface area contributed by atoms with Gasteiger partial charge in [-0.15, -0.1) is 0 Å². The maximum atomic E-state index is 13.1. The van der Waals surface area contributed by atoms with E-state index >= 15 is 0 Å². The van der Waals surface area contributed by atoms with E-state index in [1.54, 1.807) is 23.1 Å². The third-order valence-corrected chi connectivity index (χ3v) is 8.28. The summed E-state index contributed by atoms with van der Waals surface area (Å²) in [5.74, 6) is 1.24. The van der Waals surface area contributed by atoms with Gasteiger partial charge in [-0.25, -0.2) is 9.00 Å². The van der Waals surface area contributed by atoms with Crippen LogP contribution in [0.3, 0.4) is 0 Å². The summed E-state index contributed by atoms with van der Waals surface area (Å²) < 4.78 is 28.8. The fourth-order valence-electron chi connectivity index (χ4n) is 4.57. The molecule has 2 aliphatic rings. The molecule has 1 aliphatic heterocycles. The maximum absolute atomic E-state index is 13.1. The Morgan fingerprint density at radius 3 is 2.23 bits per heavy atom. The van der Waals surface area contributed by atoms with Crippen molar-refractivity contribution in [3.05, 3.63) is 40.4 Å². The highest BCUT2D eigenvalue weighted by Gasteiger charge is 2.45. The van der Waals surface area contributed by atoms with Crippen molar-refractivity contribution in [1.82, 2.24) is 4.90 Å². The summed E-state index contributed by atoms with van der Waals surface area (Å²) in [5.41, 5.74) is 0.894. The molecule has 1 aliphatic carbocycles. The summed E-state index contributed by atoms with van der Waals surface area (Å²) in [6.45, 7) is 16.6. The molecule has 1 heterocycles. The zero-order valence-electron chi connectivity index (χ0n) is 21.4. The third kappa shape index (κ3) is 7.01. The van der Waals surface area contributed by atoms with Gasteiger partial charge in [-0.1, -0.05) is 35.9 Å². The van der Waals surface area contributed by atoms with Crippen LogP contribution >= 0.6 is 23.2 Å². The van der Waals surface area contributed by atoms with E-state index < -0.39 is 21.3 Å². The number of hydrogen-bond donors (Lipinski definition) is 0. The van der Waals surface area contributed by atoms with E-state index in [2.05, 4.69) is 6.58 Å². The quantitative estimate of drug-likeness (QED) is 0.296. The minimum absolute atomic E-state index is 0.0559. The minimum Gasteiger partial charge on any atom is -0.489 e. The molecule has 3 rings (SSSR count). The number of rotatable bonds is 6. The molecule has 4 atom stereocenters. The molecule has 194 valence electrons. The van der Waals surface area contributed by atoms with Crippen LogP contribution in [0.5, 0.6) is 5.75 Å². The lowest BCUT2D eigenvalue weighted by molar-refractivity contribution is 0.0279. The van der Waals surface area contributed by atoms with Crippen LogP contribution in [0.1, 0.15) is 59.9 Å². The smallest absolute Gasteiger partial charge is 0.410 e. The van der Waals surface area contributed by atoms with Crippen molar-refractivity contribution in [1.29, 1.82) is 0 Å². The summed E-state index contributed by atoms with van der Waals surface area (Å²) in [7, 11) is -1.47. The molecule has 2 unspecified atom stereocenters. The fourth-order valence-corrected chi connectivity index (χ4v) is 5.58. The predicted octanol–water partition coefficient (Wildman–Crippen LogP) is 6.70. The van der Waals surface area contributed by atoms with E-state index in [-0.39, 0.29) is 12.0 Å². The standard InChI is InChI=1S/C26H36Cl2N2O4S/c1-8-9-33-22-13-21(28)20(27)12-19(22)23(29-35(32)26(5,6)7)16-10-17-14-30(15-18(17)11-16)24(31)34-25(2,3)4/h8,12-13,16-18H,1,9-11,14-15H2,2-7H3/t16?,17-,18+,35?. The summed E-state index contributed by atoms with van der Waals surface area (Å²) in [5, 5.41) is 0.762. The Bertz CT molecular complexity index is 1020. The first-order chi connectivity index (χ1) is 16.2. The molecule has 1 aromatic carbocycles. The lowest BCUT2D eigenvalue weighted by atomic mass is 9.93. The first-order valence-corrected chi connectivity index (χ1v) is 13.8. The average Bonchev–Trinajstić information content (AvgIpc) is 3.30. The van der Waals surface area contributed by atoms with Crippen LogP contribution in [-0.2, 0) is 15.7 Å². The lowest BCUT2D eigenvalue weighted by Crippen LogP contribution is -2.36. The lowest BCUT2D eigenvalue weighted by Gasteiger charge is -2.26. The van der Waals surface area contributed by atoms with Gasteiger partial charge in [0.2, 0.25) is 0 Å². The number of nitrogens with zero attached hydrogens (tertiary/aromatic N) is 2. The molecule has 35 heavy (non-hydrogen) atoms. The van der Waals surface area contributed by atoms with Gasteiger partial charge >= 0.3 is 6.09 Å². The number of likely N-dealkylation sites (tertiary alicyclic amines) is 1. The predicted molar refractivity (Wildman–Crippen MR) is 144 cm³/mol. The SMILES string of the molecule is C=CCOc1cc(Cl)c(Cl)cc1C(=NS(=O)C(C)(C)C)C1C[C@@H]2CN(C(=O)OC(C)(C)C)C[C@@H]2C1. The number of amides is 1. The molecule has 2 fully saturated rings. The van der Waals surface area contributed by atoms with Gasteiger partial charge in [-0.3, -0.25) is 0 Å². The van der Waals surface area contributed by atoms with Gasteiger partial charge in [0.25, 0.3) is 0 Å². The molecular weight excluding hydrogens is 507 g/mol. The summed E-state index contributed by atoms with van der Waals surface area (Å²) in [4.78, 5) is 14.4. The first-order valence-electron chi connectivity index (χ1n) is 11.9. The number of fused-ring (bicyclic) bond motifs is 1. The van der Waals surface area contributed by atoms with Gasteiger partial charge in [0.15, 0.2) is 0 Å². The molecule has 0 aromatic heterocycles. The average molecular weight is 544 g/mol. The van der Waals surface area contributed by atoms with Gasteiger partial charge in [0, 0.05) is 30.6 Å². The third-order valence-electron chi connectivity index (χ3n) is 6.15. The summed E-state index contributed by atoms with van der Waals surface area (Å²) in [6.07, 6.45) is 3.04. The molecule has 6 nitrogen and oxygen atoms in total. The second kappa shape index (κ2) is 10.8. The van der Waals surface area contributed by atoms with Crippen LogP contribution in [-0.4, -0.2) is 51.0 Å². The number of carbonyl (C=O) groups is 1. The van der Waals surface area contributed by atoms with Crippen LogP contribution in [0.2, 0.25) is 10.0 Å². The molecule has 9 heteroatoms. The highest BCUT2D eigenvalue weighted by molar-refractivity contribution is 7.85. The number of ether oxygens (including phenoxy) is 2. The zero-order chi connectivity index (χ0) is 26.1. The number of halogens is 2. The fraction of sp³-hybridized carbons (Fsp3) is 0.615. The van der Waals surface area contributed by atoms with E-state index in [0.29, 0.717) is 58.6 Å². The van der Waals surface area contributed by atoms with E-state index in [1.165, 1.54) is 0 Å². The van der Waals surface area contributed by atoms with Gasteiger partial charge in [0.05, 0.1) is 20.5 Å². The van der Waals surface area contributed by atoms with Gasteiger partial charge in [0.1, 0.15) is 28.9 Å².